The molecule has 0 fully saturated rings. The molecule has 1 rings (SSSR count). The number of imidazole rings is 1. The smallest absolute Gasteiger partial charge is 0.240 e. The Hall–Kier alpha value is -1.36. The quantitative estimate of drug-likeness (QED) is 0.698. The summed E-state index contributed by atoms with van der Waals surface area (Å²) in [4.78, 5) is 15.3. The first-order valence-electron chi connectivity index (χ1n) is 4.66. The zero-order chi connectivity index (χ0) is 10.6. The fourth-order valence-electron chi connectivity index (χ4n) is 1.46. The molecule has 0 aliphatic carbocycles. The number of amides is 1. The van der Waals surface area contributed by atoms with Gasteiger partial charge in [-0.1, -0.05) is 6.92 Å². The summed E-state index contributed by atoms with van der Waals surface area (Å²) >= 11 is 0. The number of hydrogen-bond donors (Lipinski definition) is 2. The highest BCUT2D eigenvalue weighted by Crippen LogP contribution is 2.12. The summed E-state index contributed by atoms with van der Waals surface area (Å²) in [6.07, 6.45) is 4.15. The maximum absolute atomic E-state index is 11.1. The molecule has 0 spiro atoms. The molecule has 0 aromatic carbocycles. The highest BCUT2D eigenvalue weighted by molar-refractivity contribution is 5.78. The minimum absolute atomic E-state index is 0.291. The van der Waals surface area contributed by atoms with Gasteiger partial charge in [0.05, 0.1) is 6.54 Å². The summed E-state index contributed by atoms with van der Waals surface area (Å²) < 4.78 is 1.82. The number of rotatable bonds is 5. The van der Waals surface area contributed by atoms with Crippen LogP contribution >= 0.6 is 0 Å². The van der Waals surface area contributed by atoms with Crippen LogP contribution in [0.3, 0.4) is 0 Å². The van der Waals surface area contributed by atoms with Gasteiger partial charge in [0.2, 0.25) is 5.91 Å². The van der Waals surface area contributed by atoms with Crippen LogP contribution in [0.15, 0.2) is 12.4 Å². The predicted octanol–water partition coefficient (Wildman–Crippen LogP) is 0.0389. The van der Waals surface area contributed by atoms with E-state index in [0.717, 1.165) is 5.82 Å². The fourth-order valence-corrected chi connectivity index (χ4v) is 1.46. The first kappa shape index (κ1) is 10.7. The van der Waals surface area contributed by atoms with Gasteiger partial charge in [0, 0.05) is 12.4 Å². The van der Waals surface area contributed by atoms with Gasteiger partial charge in [-0.2, -0.15) is 0 Å². The molecule has 0 aliphatic heterocycles. The molecular weight excluding hydrogens is 180 g/mol. The second-order valence-corrected chi connectivity index (χ2v) is 3.11. The normalized spacial score (nSPS) is 12.7. The molecule has 0 bridgehead atoms. The summed E-state index contributed by atoms with van der Waals surface area (Å²) in [7, 11) is 1.84. The van der Waals surface area contributed by atoms with E-state index in [1.807, 2.05) is 18.5 Å². The fraction of sp³-hybridized carbons (Fsp3) is 0.556. The van der Waals surface area contributed by atoms with Crippen LogP contribution in [0.2, 0.25) is 0 Å². The van der Waals surface area contributed by atoms with Crippen molar-refractivity contribution in [2.75, 3.05) is 7.05 Å². The largest absolute Gasteiger partial charge is 0.368 e. The summed E-state index contributed by atoms with van der Waals surface area (Å²) in [5, 5.41) is 2.99. The molecule has 0 saturated carbocycles. The Morgan fingerprint density at radius 2 is 2.50 bits per heavy atom. The van der Waals surface area contributed by atoms with Gasteiger partial charge in [-0.15, -0.1) is 0 Å². The van der Waals surface area contributed by atoms with Crippen molar-refractivity contribution < 1.29 is 4.79 Å². The summed E-state index contributed by atoms with van der Waals surface area (Å²) in [6.45, 7) is 2.56. The average molecular weight is 196 g/mol. The number of aromatic nitrogens is 2. The molecule has 1 atom stereocenters. The van der Waals surface area contributed by atoms with E-state index in [1.165, 1.54) is 0 Å². The standard InChI is InChI=1S/C9H16N4O/c1-3-7(9(10)14)13-5-4-12-8(13)6-11-2/h4-5,7,11H,3,6H2,1-2H3,(H2,10,14). The third kappa shape index (κ3) is 2.11. The Morgan fingerprint density at radius 3 is 3.00 bits per heavy atom. The van der Waals surface area contributed by atoms with E-state index in [4.69, 9.17) is 5.73 Å². The third-order valence-corrected chi connectivity index (χ3v) is 2.13. The number of nitrogens with two attached hydrogens (primary N) is 1. The molecule has 3 N–H and O–H groups in total. The molecule has 5 nitrogen and oxygen atoms in total. The van der Waals surface area contributed by atoms with Crippen LogP contribution in [-0.2, 0) is 11.3 Å². The number of hydrogen-bond acceptors (Lipinski definition) is 3. The molecule has 5 heteroatoms. The molecule has 1 amide bonds. The summed E-state index contributed by atoms with van der Waals surface area (Å²) in [6, 6.07) is -0.291. The van der Waals surface area contributed by atoms with Crippen molar-refractivity contribution in [1.82, 2.24) is 14.9 Å². The first-order chi connectivity index (χ1) is 6.70. The van der Waals surface area contributed by atoms with Gasteiger partial charge in [-0.3, -0.25) is 4.79 Å². The van der Waals surface area contributed by atoms with Crippen LogP contribution in [0.5, 0.6) is 0 Å². The van der Waals surface area contributed by atoms with Gasteiger partial charge in [0.1, 0.15) is 11.9 Å². The molecule has 14 heavy (non-hydrogen) atoms. The van der Waals surface area contributed by atoms with Crippen molar-refractivity contribution in [1.29, 1.82) is 0 Å². The Kier molecular flexibility index (Phi) is 3.64. The molecule has 1 heterocycles. The van der Waals surface area contributed by atoms with Gasteiger partial charge >= 0.3 is 0 Å². The van der Waals surface area contributed by atoms with Crippen LogP contribution in [0, 0.1) is 0 Å². The average Bonchev–Trinajstić information content (AvgIpc) is 2.55. The second kappa shape index (κ2) is 4.76. The molecule has 0 radical (unpaired) electrons. The molecule has 0 saturated heterocycles. The molecule has 1 aromatic rings. The van der Waals surface area contributed by atoms with Crippen molar-refractivity contribution in [2.45, 2.75) is 25.9 Å². The Morgan fingerprint density at radius 1 is 1.79 bits per heavy atom. The van der Waals surface area contributed by atoms with Crippen LogP contribution in [0.4, 0.5) is 0 Å². The summed E-state index contributed by atoms with van der Waals surface area (Å²) in [5.41, 5.74) is 5.30. The number of nitrogens with one attached hydrogen (secondary N) is 1. The summed E-state index contributed by atoms with van der Waals surface area (Å²) in [5.74, 6) is 0.515. The van der Waals surface area contributed by atoms with Crippen LogP contribution in [-0.4, -0.2) is 22.5 Å². The lowest BCUT2D eigenvalue weighted by Crippen LogP contribution is -2.27. The van der Waals surface area contributed by atoms with E-state index in [0.29, 0.717) is 13.0 Å². The number of nitrogens with zero attached hydrogens (tertiary/aromatic N) is 2. The SMILES string of the molecule is CCC(C(N)=O)n1ccnc1CNC. The van der Waals surface area contributed by atoms with E-state index in [1.54, 1.807) is 12.4 Å². The second-order valence-electron chi connectivity index (χ2n) is 3.11. The van der Waals surface area contributed by atoms with E-state index in [2.05, 4.69) is 10.3 Å². The zero-order valence-electron chi connectivity index (χ0n) is 8.53. The highest BCUT2D eigenvalue weighted by Gasteiger charge is 2.17. The number of carbonyl (C=O) groups is 1. The Labute approximate surface area is 83.3 Å². The highest BCUT2D eigenvalue weighted by atomic mass is 16.1. The Balaban J connectivity index is 2.91. The molecular formula is C9H16N4O. The molecule has 1 unspecified atom stereocenters. The van der Waals surface area contributed by atoms with E-state index >= 15 is 0 Å². The lowest BCUT2D eigenvalue weighted by atomic mass is 10.2. The van der Waals surface area contributed by atoms with Gasteiger partial charge in [0.15, 0.2) is 0 Å². The van der Waals surface area contributed by atoms with Crippen LogP contribution < -0.4 is 11.1 Å². The van der Waals surface area contributed by atoms with E-state index in [-0.39, 0.29) is 11.9 Å². The lowest BCUT2D eigenvalue weighted by molar-refractivity contribution is -0.121. The van der Waals surface area contributed by atoms with Crippen molar-refractivity contribution in [3.8, 4) is 0 Å². The molecule has 0 aliphatic rings. The van der Waals surface area contributed by atoms with Gasteiger partial charge in [0.25, 0.3) is 0 Å². The van der Waals surface area contributed by atoms with E-state index < -0.39 is 0 Å². The van der Waals surface area contributed by atoms with Crippen molar-refractivity contribution in [2.24, 2.45) is 5.73 Å². The van der Waals surface area contributed by atoms with E-state index in [9.17, 15) is 4.79 Å². The maximum atomic E-state index is 11.1. The predicted molar refractivity (Wildman–Crippen MR) is 53.5 cm³/mol. The zero-order valence-corrected chi connectivity index (χ0v) is 8.53. The van der Waals surface area contributed by atoms with Gasteiger partial charge < -0.3 is 15.6 Å². The third-order valence-electron chi connectivity index (χ3n) is 2.13. The topological polar surface area (TPSA) is 72.9 Å². The van der Waals surface area contributed by atoms with Crippen LogP contribution in [0.1, 0.15) is 25.2 Å². The van der Waals surface area contributed by atoms with Gasteiger partial charge in [-0.25, -0.2) is 4.98 Å². The molecule has 1 aromatic heterocycles. The minimum Gasteiger partial charge on any atom is -0.368 e. The lowest BCUT2D eigenvalue weighted by Gasteiger charge is -2.15. The van der Waals surface area contributed by atoms with Crippen molar-refractivity contribution in [3.05, 3.63) is 18.2 Å². The Bertz CT molecular complexity index is 308. The monoisotopic (exact) mass is 196 g/mol. The number of primary amides is 1. The van der Waals surface area contributed by atoms with Crippen LogP contribution in [0.25, 0.3) is 0 Å². The minimum atomic E-state index is -0.317. The maximum Gasteiger partial charge on any atom is 0.240 e. The van der Waals surface area contributed by atoms with Crippen molar-refractivity contribution in [3.63, 3.8) is 0 Å². The number of carbonyl (C=O) groups excluding carboxylic acids is 1. The van der Waals surface area contributed by atoms with Crippen molar-refractivity contribution >= 4 is 5.91 Å². The molecule has 78 valence electrons. The van der Waals surface area contributed by atoms with Gasteiger partial charge in [-0.05, 0) is 13.5 Å². The first-order valence-corrected chi connectivity index (χ1v) is 4.66.